The minimum atomic E-state index is -0.143. The van der Waals surface area contributed by atoms with E-state index in [9.17, 15) is 9.59 Å². The van der Waals surface area contributed by atoms with Gasteiger partial charge in [0, 0.05) is 29.6 Å². The van der Waals surface area contributed by atoms with Crippen molar-refractivity contribution in [1.82, 2.24) is 16.0 Å². The molecule has 0 radical (unpaired) electrons. The van der Waals surface area contributed by atoms with Crippen LogP contribution >= 0.6 is 11.6 Å². The fraction of sp³-hybridized carbons (Fsp3) is 0.600. The largest absolute Gasteiger partial charge is 0.354 e. The molecule has 0 bridgehead atoms. The fourth-order valence-electron chi connectivity index (χ4n) is 3.34. The summed E-state index contributed by atoms with van der Waals surface area (Å²) in [5.41, 5.74) is 1.21. The topological polar surface area (TPSA) is 70.2 Å². The zero-order valence-corrected chi connectivity index (χ0v) is 16.4. The van der Waals surface area contributed by atoms with Crippen LogP contribution in [0.2, 0.25) is 5.02 Å². The maximum atomic E-state index is 12.2. The molecule has 3 amide bonds. The standard InChI is InChI=1S/C20H30ClN3O2/c1-14(2)23-19(25)16-6-3-7-18(13-16)24-20(26)22-12-4-5-15-8-10-17(21)11-9-15/h8-11,14,16,18H,3-7,12-13H2,1-2H3,(H,23,25)(H2,22,24,26). The van der Waals surface area contributed by atoms with E-state index in [1.165, 1.54) is 5.56 Å². The van der Waals surface area contributed by atoms with Gasteiger partial charge in [-0.05, 0) is 63.6 Å². The minimum Gasteiger partial charge on any atom is -0.354 e. The second-order valence-corrected chi connectivity index (χ2v) is 7.79. The summed E-state index contributed by atoms with van der Waals surface area (Å²) in [6, 6.07) is 7.86. The van der Waals surface area contributed by atoms with E-state index in [1.54, 1.807) is 0 Å². The molecule has 1 aliphatic carbocycles. The lowest BCUT2D eigenvalue weighted by Gasteiger charge is -2.29. The van der Waals surface area contributed by atoms with Crippen LogP contribution in [0.25, 0.3) is 0 Å². The second-order valence-electron chi connectivity index (χ2n) is 7.35. The summed E-state index contributed by atoms with van der Waals surface area (Å²) in [5.74, 6) is 0.108. The molecule has 0 heterocycles. The molecule has 2 unspecified atom stereocenters. The highest BCUT2D eigenvalue weighted by atomic mass is 35.5. The monoisotopic (exact) mass is 379 g/mol. The highest BCUT2D eigenvalue weighted by Crippen LogP contribution is 2.24. The summed E-state index contributed by atoms with van der Waals surface area (Å²) in [6.07, 6.45) is 5.30. The van der Waals surface area contributed by atoms with E-state index >= 15 is 0 Å². The van der Waals surface area contributed by atoms with Crippen molar-refractivity contribution in [3.63, 3.8) is 0 Å². The number of halogens is 1. The van der Waals surface area contributed by atoms with Crippen molar-refractivity contribution in [3.8, 4) is 0 Å². The van der Waals surface area contributed by atoms with Crippen LogP contribution < -0.4 is 16.0 Å². The number of benzene rings is 1. The Morgan fingerprint density at radius 3 is 2.62 bits per heavy atom. The molecular formula is C20H30ClN3O2. The number of nitrogens with one attached hydrogen (secondary N) is 3. The average molecular weight is 380 g/mol. The number of amides is 3. The Labute approximate surface area is 161 Å². The highest BCUT2D eigenvalue weighted by Gasteiger charge is 2.28. The second kappa shape index (κ2) is 10.4. The molecule has 1 fully saturated rings. The molecule has 0 spiro atoms. The molecule has 1 aromatic carbocycles. The quantitative estimate of drug-likeness (QED) is 0.633. The molecule has 144 valence electrons. The first-order valence-corrected chi connectivity index (χ1v) is 9.91. The Balaban J connectivity index is 1.65. The van der Waals surface area contributed by atoms with Gasteiger partial charge in [-0.3, -0.25) is 4.79 Å². The summed E-state index contributed by atoms with van der Waals surface area (Å²) >= 11 is 5.87. The number of rotatable bonds is 7. The summed E-state index contributed by atoms with van der Waals surface area (Å²) in [6.45, 7) is 4.56. The van der Waals surface area contributed by atoms with Crippen molar-refractivity contribution in [2.45, 2.75) is 64.5 Å². The van der Waals surface area contributed by atoms with E-state index in [-0.39, 0.29) is 29.9 Å². The van der Waals surface area contributed by atoms with Crippen molar-refractivity contribution < 1.29 is 9.59 Å². The van der Waals surface area contributed by atoms with E-state index in [4.69, 9.17) is 11.6 Å². The summed E-state index contributed by atoms with van der Waals surface area (Å²) in [4.78, 5) is 24.2. The molecule has 0 aromatic heterocycles. The third-order valence-electron chi connectivity index (χ3n) is 4.65. The number of hydrogen-bond donors (Lipinski definition) is 3. The lowest BCUT2D eigenvalue weighted by atomic mass is 9.85. The Hall–Kier alpha value is -1.75. The highest BCUT2D eigenvalue weighted by molar-refractivity contribution is 6.30. The van der Waals surface area contributed by atoms with Gasteiger partial charge in [0.25, 0.3) is 0 Å². The molecular weight excluding hydrogens is 350 g/mol. The molecule has 5 nitrogen and oxygen atoms in total. The maximum absolute atomic E-state index is 12.2. The van der Waals surface area contributed by atoms with Crippen LogP contribution in [-0.2, 0) is 11.2 Å². The molecule has 2 atom stereocenters. The van der Waals surface area contributed by atoms with Crippen LogP contribution in [0.5, 0.6) is 0 Å². The lowest BCUT2D eigenvalue weighted by molar-refractivity contribution is -0.126. The lowest BCUT2D eigenvalue weighted by Crippen LogP contribution is -2.47. The van der Waals surface area contributed by atoms with Crippen LogP contribution in [0.15, 0.2) is 24.3 Å². The molecule has 0 saturated heterocycles. The number of carbonyl (C=O) groups excluding carboxylic acids is 2. The van der Waals surface area contributed by atoms with Crippen LogP contribution in [0, 0.1) is 5.92 Å². The number of urea groups is 1. The fourth-order valence-corrected chi connectivity index (χ4v) is 3.47. The van der Waals surface area contributed by atoms with Crippen LogP contribution in [-0.4, -0.2) is 30.6 Å². The Bertz CT molecular complexity index is 589. The predicted octanol–water partition coefficient (Wildman–Crippen LogP) is 3.66. The number of hydrogen-bond acceptors (Lipinski definition) is 2. The van der Waals surface area contributed by atoms with E-state index in [2.05, 4.69) is 16.0 Å². The Morgan fingerprint density at radius 1 is 1.19 bits per heavy atom. The smallest absolute Gasteiger partial charge is 0.315 e. The zero-order valence-electron chi connectivity index (χ0n) is 15.7. The number of carbonyl (C=O) groups is 2. The van der Waals surface area contributed by atoms with Gasteiger partial charge in [-0.15, -0.1) is 0 Å². The summed E-state index contributed by atoms with van der Waals surface area (Å²) in [5, 5.41) is 9.63. The van der Waals surface area contributed by atoms with Gasteiger partial charge in [0.15, 0.2) is 0 Å². The van der Waals surface area contributed by atoms with E-state index in [0.717, 1.165) is 43.5 Å². The van der Waals surface area contributed by atoms with Gasteiger partial charge >= 0.3 is 6.03 Å². The molecule has 1 aromatic rings. The number of aryl methyl sites for hydroxylation is 1. The van der Waals surface area contributed by atoms with Gasteiger partial charge < -0.3 is 16.0 Å². The first-order chi connectivity index (χ1) is 12.4. The molecule has 1 aliphatic rings. The molecule has 3 N–H and O–H groups in total. The van der Waals surface area contributed by atoms with E-state index < -0.39 is 0 Å². The third kappa shape index (κ3) is 7.24. The van der Waals surface area contributed by atoms with Crippen LogP contribution in [0.3, 0.4) is 0 Å². The molecule has 2 rings (SSSR count). The summed E-state index contributed by atoms with van der Waals surface area (Å²) in [7, 11) is 0. The van der Waals surface area contributed by atoms with Gasteiger partial charge in [-0.2, -0.15) is 0 Å². The van der Waals surface area contributed by atoms with Gasteiger partial charge in [-0.25, -0.2) is 4.79 Å². The molecule has 6 heteroatoms. The van der Waals surface area contributed by atoms with Crippen molar-refractivity contribution in [1.29, 1.82) is 0 Å². The first kappa shape index (κ1) is 20.6. The third-order valence-corrected chi connectivity index (χ3v) is 4.90. The van der Waals surface area contributed by atoms with Crippen molar-refractivity contribution in [2.24, 2.45) is 5.92 Å². The first-order valence-electron chi connectivity index (χ1n) is 9.53. The average Bonchev–Trinajstić information content (AvgIpc) is 2.60. The summed E-state index contributed by atoms with van der Waals surface area (Å²) < 4.78 is 0. The molecule has 0 aliphatic heterocycles. The zero-order chi connectivity index (χ0) is 18.9. The van der Waals surface area contributed by atoms with Gasteiger partial charge in [-0.1, -0.05) is 30.2 Å². The van der Waals surface area contributed by atoms with Gasteiger partial charge in [0.05, 0.1) is 0 Å². The molecule has 1 saturated carbocycles. The minimum absolute atomic E-state index is 0.00125. The van der Waals surface area contributed by atoms with Gasteiger partial charge in [0.1, 0.15) is 0 Å². The Morgan fingerprint density at radius 2 is 1.92 bits per heavy atom. The van der Waals surface area contributed by atoms with E-state index in [1.807, 2.05) is 38.1 Å². The maximum Gasteiger partial charge on any atom is 0.315 e. The van der Waals surface area contributed by atoms with Crippen LogP contribution in [0.1, 0.15) is 51.5 Å². The SMILES string of the molecule is CC(C)NC(=O)C1CCCC(NC(=O)NCCCc2ccc(Cl)cc2)C1. The van der Waals surface area contributed by atoms with E-state index in [0.29, 0.717) is 6.54 Å². The van der Waals surface area contributed by atoms with Crippen LogP contribution in [0.4, 0.5) is 4.79 Å². The normalized spacial score (nSPS) is 19.8. The van der Waals surface area contributed by atoms with Gasteiger partial charge in [0.2, 0.25) is 5.91 Å². The Kier molecular flexibility index (Phi) is 8.23. The van der Waals surface area contributed by atoms with Crippen molar-refractivity contribution in [2.75, 3.05) is 6.54 Å². The molecule has 26 heavy (non-hydrogen) atoms. The predicted molar refractivity (Wildman–Crippen MR) is 105 cm³/mol. The van der Waals surface area contributed by atoms with Crippen molar-refractivity contribution >= 4 is 23.5 Å². The van der Waals surface area contributed by atoms with Crippen molar-refractivity contribution in [3.05, 3.63) is 34.9 Å².